The normalized spacial score (nSPS) is 11.0. The number of nitrogens with zero attached hydrogens (tertiary/aromatic N) is 2. The summed E-state index contributed by atoms with van der Waals surface area (Å²) in [6, 6.07) is 16.0. The smallest absolute Gasteiger partial charge is 0.140 e. The Bertz CT molecular complexity index is 817. The maximum atomic E-state index is 6.04. The summed E-state index contributed by atoms with van der Waals surface area (Å²) in [7, 11) is 2.09. The van der Waals surface area contributed by atoms with Gasteiger partial charge in [0.1, 0.15) is 17.4 Å². The molecule has 3 rings (SSSR count). The van der Waals surface area contributed by atoms with Crippen LogP contribution in [-0.4, -0.2) is 16.9 Å². The monoisotopic (exact) mass is 372 g/mol. The van der Waals surface area contributed by atoms with Crippen LogP contribution < -0.4 is 4.74 Å². The molecule has 0 spiro atoms. The van der Waals surface area contributed by atoms with Crippen LogP contribution in [0.3, 0.4) is 0 Å². The van der Waals surface area contributed by atoms with Crippen molar-refractivity contribution in [1.29, 1.82) is 0 Å². The Labute approximate surface area is 157 Å². The number of thiazole rings is 1. The van der Waals surface area contributed by atoms with Crippen molar-refractivity contribution < 1.29 is 4.74 Å². The average molecular weight is 373 g/mol. The van der Waals surface area contributed by atoms with Crippen LogP contribution in [0.4, 0.5) is 0 Å². The van der Waals surface area contributed by atoms with Gasteiger partial charge < -0.3 is 4.74 Å². The van der Waals surface area contributed by atoms with Crippen molar-refractivity contribution in [3.05, 3.63) is 80.8 Å². The van der Waals surface area contributed by atoms with Crippen molar-refractivity contribution in [1.82, 2.24) is 9.88 Å². The molecule has 0 amide bonds. The molecule has 1 aromatic heterocycles. The third kappa shape index (κ3) is 5.56. The first kappa shape index (κ1) is 17.9. The van der Waals surface area contributed by atoms with E-state index in [-0.39, 0.29) is 0 Å². The van der Waals surface area contributed by atoms with Gasteiger partial charge in [-0.3, -0.25) is 4.90 Å². The number of aryl methyl sites for hydroxylation is 1. The standard InChI is InChI=1S/C20H21ClN2OS/c1-15-6-8-19(9-7-15)24-13-20-22-18(14-25-20)12-23(2)11-16-4-3-5-17(21)10-16/h3-10,14H,11-13H2,1-2H3. The first-order chi connectivity index (χ1) is 12.1. The van der Waals surface area contributed by atoms with Crippen molar-refractivity contribution in [2.45, 2.75) is 26.6 Å². The van der Waals surface area contributed by atoms with E-state index in [1.54, 1.807) is 11.3 Å². The Morgan fingerprint density at radius 3 is 2.68 bits per heavy atom. The fourth-order valence-electron chi connectivity index (χ4n) is 2.55. The molecule has 0 aliphatic rings. The minimum absolute atomic E-state index is 0.506. The van der Waals surface area contributed by atoms with Gasteiger partial charge in [0.05, 0.1) is 5.69 Å². The molecule has 5 heteroatoms. The number of ether oxygens (including phenoxy) is 1. The molecule has 3 nitrogen and oxygen atoms in total. The molecule has 0 bridgehead atoms. The number of halogens is 1. The molecular weight excluding hydrogens is 352 g/mol. The van der Waals surface area contributed by atoms with Crippen LogP contribution in [-0.2, 0) is 19.7 Å². The van der Waals surface area contributed by atoms with Crippen molar-refractivity contribution in [3.8, 4) is 5.75 Å². The fourth-order valence-corrected chi connectivity index (χ4v) is 3.46. The lowest BCUT2D eigenvalue weighted by atomic mass is 10.2. The molecule has 25 heavy (non-hydrogen) atoms. The van der Waals surface area contributed by atoms with Gasteiger partial charge in [-0.1, -0.05) is 41.4 Å². The molecule has 0 aliphatic heterocycles. The van der Waals surface area contributed by atoms with Crippen LogP contribution >= 0.6 is 22.9 Å². The summed E-state index contributed by atoms with van der Waals surface area (Å²) >= 11 is 7.68. The topological polar surface area (TPSA) is 25.4 Å². The zero-order valence-corrected chi connectivity index (χ0v) is 16.0. The first-order valence-electron chi connectivity index (χ1n) is 8.14. The molecule has 0 unspecified atom stereocenters. The molecule has 0 fully saturated rings. The van der Waals surface area contributed by atoms with Gasteiger partial charge in [0, 0.05) is 23.5 Å². The molecule has 130 valence electrons. The summed E-state index contributed by atoms with van der Waals surface area (Å²) in [6.07, 6.45) is 0. The highest BCUT2D eigenvalue weighted by Gasteiger charge is 2.07. The van der Waals surface area contributed by atoms with E-state index < -0.39 is 0 Å². The van der Waals surface area contributed by atoms with E-state index in [1.165, 1.54) is 11.1 Å². The Hall–Kier alpha value is -1.88. The number of aromatic nitrogens is 1. The van der Waals surface area contributed by atoms with Crippen LogP contribution in [0.25, 0.3) is 0 Å². The maximum absolute atomic E-state index is 6.04. The predicted molar refractivity (Wildman–Crippen MR) is 104 cm³/mol. The average Bonchev–Trinajstić information content (AvgIpc) is 3.01. The van der Waals surface area contributed by atoms with Crippen LogP contribution in [0, 0.1) is 6.92 Å². The zero-order chi connectivity index (χ0) is 17.6. The molecule has 0 N–H and O–H groups in total. The minimum Gasteiger partial charge on any atom is -0.486 e. The van der Waals surface area contributed by atoms with Crippen LogP contribution in [0.5, 0.6) is 5.75 Å². The van der Waals surface area contributed by atoms with Crippen molar-refractivity contribution in [2.24, 2.45) is 0 Å². The van der Waals surface area contributed by atoms with Crippen molar-refractivity contribution in [3.63, 3.8) is 0 Å². The van der Waals surface area contributed by atoms with Crippen molar-refractivity contribution in [2.75, 3.05) is 7.05 Å². The fraction of sp³-hybridized carbons (Fsp3) is 0.250. The Balaban J connectivity index is 1.51. The zero-order valence-electron chi connectivity index (χ0n) is 14.4. The number of benzene rings is 2. The number of rotatable bonds is 7. The Morgan fingerprint density at radius 2 is 1.92 bits per heavy atom. The summed E-state index contributed by atoms with van der Waals surface area (Å²) in [4.78, 5) is 6.90. The second kappa shape index (κ2) is 8.48. The van der Waals surface area contributed by atoms with Crippen molar-refractivity contribution >= 4 is 22.9 Å². The molecule has 0 aliphatic carbocycles. The third-order valence-electron chi connectivity index (χ3n) is 3.76. The molecule has 1 heterocycles. The highest BCUT2D eigenvalue weighted by Crippen LogP contribution is 2.18. The van der Waals surface area contributed by atoms with E-state index in [2.05, 4.69) is 35.3 Å². The summed E-state index contributed by atoms with van der Waals surface area (Å²) in [5.74, 6) is 0.875. The van der Waals surface area contributed by atoms with E-state index in [1.807, 2.05) is 42.5 Å². The maximum Gasteiger partial charge on any atom is 0.140 e. The lowest BCUT2D eigenvalue weighted by molar-refractivity contribution is 0.301. The molecule has 0 radical (unpaired) electrons. The summed E-state index contributed by atoms with van der Waals surface area (Å²) in [5, 5.41) is 3.87. The summed E-state index contributed by atoms with van der Waals surface area (Å²) in [6.45, 7) is 4.21. The van der Waals surface area contributed by atoms with E-state index >= 15 is 0 Å². The van der Waals surface area contributed by atoms with Gasteiger partial charge in [0.2, 0.25) is 0 Å². The Morgan fingerprint density at radius 1 is 1.12 bits per heavy atom. The predicted octanol–water partition coefficient (Wildman–Crippen LogP) is 5.32. The van der Waals surface area contributed by atoms with E-state index in [0.29, 0.717) is 6.61 Å². The summed E-state index contributed by atoms with van der Waals surface area (Å²) in [5.41, 5.74) is 3.50. The van der Waals surface area contributed by atoms with Crippen LogP contribution in [0.2, 0.25) is 5.02 Å². The van der Waals surface area contributed by atoms with Gasteiger partial charge in [0.15, 0.2) is 0 Å². The van der Waals surface area contributed by atoms with E-state index in [9.17, 15) is 0 Å². The molecular formula is C20H21ClN2OS. The second-order valence-corrected chi connectivity index (χ2v) is 7.52. The third-order valence-corrected chi connectivity index (χ3v) is 4.86. The molecule has 0 saturated heterocycles. The molecule has 0 atom stereocenters. The SMILES string of the molecule is Cc1ccc(OCc2nc(CN(C)Cc3cccc(Cl)c3)cs2)cc1. The Kier molecular flexibility index (Phi) is 6.08. The number of hydrogen-bond donors (Lipinski definition) is 0. The largest absolute Gasteiger partial charge is 0.486 e. The minimum atomic E-state index is 0.506. The van der Waals surface area contributed by atoms with Gasteiger partial charge in [-0.15, -0.1) is 11.3 Å². The van der Waals surface area contributed by atoms with Gasteiger partial charge in [-0.2, -0.15) is 0 Å². The quantitative estimate of drug-likeness (QED) is 0.561. The van der Waals surface area contributed by atoms with Gasteiger partial charge in [-0.05, 0) is 43.8 Å². The van der Waals surface area contributed by atoms with E-state index in [4.69, 9.17) is 16.3 Å². The molecule has 0 saturated carbocycles. The van der Waals surface area contributed by atoms with Crippen LogP contribution in [0.1, 0.15) is 21.8 Å². The first-order valence-corrected chi connectivity index (χ1v) is 9.40. The van der Waals surface area contributed by atoms with Crippen LogP contribution in [0.15, 0.2) is 53.9 Å². The second-order valence-electron chi connectivity index (χ2n) is 6.14. The van der Waals surface area contributed by atoms with Gasteiger partial charge >= 0.3 is 0 Å². The highest BCUT2D eigenvalue weighted by molar-refractivity contribution is 7.09. The van der Waals surface area contributed by atoms with E-state index in [0.717, 1.165) is 34.6 Å². The highest BCUT2D eigenvalue weighted by atomic mass is 35.5. The van der Waals surface area contributed by atoms with Gasteiger partial charge in [-0.25, -0.2) is 4.98 Å². The lowest BCUT2D eigenvalue weighted by Crippen LogP contribution is -2.17. The van der Waals surface area contributed by atoms with Gasteiger partial charge in [0.25, 0.3) is 0 Å². The number of hydrogen-bond acceptors (Lipinski definition) is 4. The molecule has 2 aromatic carbocycles. The summed E-state index contributed by atoms with van der Waals surface area (Å²) < 4.78 is 5.79. The lowest BCUT2D eigenvalue weighted by Gasteiger charge is -2.15. The molecule has 3 aromatic rings.